The Morgan fingerprint density at radius 1 is 1.00 bits per heavy atom. The Kier molecular flexibility index (Phi) is 5.02. The molecule has 2 aliphatic heterocycles. The van der Waals surface area contributed by atoms with Gasteiger partial charge in [0.05, 0.1) is 11.0 Å². The van der Waals surface area contributed by atoms with Crippen LogP contribution in [0.3, 0.4) is 0 Å². The van der Waals surface area contributed by atoms with Gasteiger partial charge in [-0.3, -0.25) is 0 Å². The van der Waals surface area contributed by atoms with Crippen LogP contribution in [0.4, 0.5) is 5.69 Å². The lowest BCUT2D eigenvalue weighted by Crippen LogP contribution is -2.43. The molecule has 1 N–H and O–H groups in total. The van der Waals surface area contributed by atoms with Crippen LogP contribution in [0.25, 0.3) is 11.0 Å². The molecule has 28 heavy (non-hydrogen) atoms. The average Bonchev–Trinajstić information content (AvgIpc) is 3.13. The highest BCUT2D eigenvalue weighted by Crippen LogP contribution is 2.32. The van der Waals surface area contributed by atoms with Crippen LogP contribution in [0.1, 0.15) is 30.1 Å². The van der Waals surface area contributed by atoms with Gasteiger partial charge in [-0.15, -0.1) is 0 Å². The molecule has 0 radical (unpaired) electrons. The molecular formula is C23H28N4O. The lowest BCUT2D eigenvalue weighted by atomic mass is 9.99. The zero-order chi connectivity index (χ0) is 18.8. The van der Waals surface area contributed by atoms with E-state index in [1.807, 2.05) is 0 Å². The normalized spacial score (nSPS) is 18.6. The Bertz CT molecular complexity index is 924. The highest BCUT2D eigenvalue weighted by atomic mass is 16.5. The van der Waals surface area contributed by atoms with Gasteiger partial charge in [0, 0.05) is 57.5 Å². The zero-order valence-electron chi connectivity index (χ0n) is 16.3. The van der Waals surface area contributed by atoms with Crippen LogP contribution in [0.5, 0.6) is 0 Å². The molecule has 0 unspecified atom stereocenters. The van der Waals surface area contributed by atoms with Crippen LogP contribution in [0.2, 0.25) is 0 Å². The van der Waals surface area contributed by atoms with Crippen LogP contribution < -0.4 is 10.2 Å². The number of rotatable bonds is 4. The molecule has 5 rings (SSSR count). The number of anilines is 1. The number of nitrogens with one attached hydrogen (secondary N) is 1. The number of imidazole rings is 1. The number of aromatic nitrogens is 2. The summed E-state index contributed by atoms with van der Waals surface area (Å²) in [5, 5.41) is 3.44. The molecule has 0 saturated carbocycles. The molecule has 0 atom stereocenters. The molecule has 146 valence electrons. The van der Waals surface area contributed by atoms with E-state index < -0.39 is 0 Å². The van der Waals surface area contributed by atoms with Crippen LogP contribution in [0.15, 0.2) is 48.5 Å². The second-order valence-corrected chi connectivity index (χ2v) is 7.84. The first-order chi connectivity index (χ1) is 13.9. The Hall–Kier alpha value is -2.37. The quantitative estimate of drug-likeness (QED) is 0.758. The summed E-state index contributed by atoms with van der Waals surface area (Å²) in [6, 6.07) is 17.5. The Labute approximate surface area is 166 Å². The standard InChI is InChI=1S/C23H28N4O/c1-2-4-18(5-3-1)17-27-22-16-20(26-12-10-24-11-13-26)6-7-21(22)25-23(27)19-8-14-28-15-9-19/h1-7,16,19,24H,8-15,17H2. The molecule has 0 bridgehead atoms. The van der Waals surface area contributed by atoms with E-state index in [1.165, 1.54) is 22.6 Å². The fourth-order valence-electron chi connectivity index (χ4n) is 4.45. The third-order valence-electron chi connectivity index (χ3n) is 6.01. The second kappa shape index (κ2) is 7.94. The molecule has 2 fully saturated rings. The van der Waals surface area contributed by atoms with Crippen molar-refractivity contribution in [3.8, 4) is 0 Å². The first-order valence-corrected chi connectivity index (χ1v) is 10.5. The van der Waals surface area contributed by atoms with Gasteiger partial charge in [0.2, 0.25) is 0 Å². The summed E-state index contributed by atoms with van der Waals surface area (Å²) in [6.07, 6.45) is 2.12. The van der Waals surface area contributed by atoms with E-state index in [9.17, 15) is 0 Å². The lowest BCUT2D eigenvalue weighted by molar-refractivity contribution is 0.0830. The maximum absolute atomic E-state index is 5.60. The third kappa shape index (κ3) is 3.52. The summed E-state index contributed by atoms with van der Waals surface area (Å²) in [4.78, 5) is 7.57. The van der Waals surface area contributed by atoms with Gasteiger partial charge in [-0.25, -0.2) is 4.98 Å². The van der Waals surface area contributed by atoms with Crippen molar-refractivity contribution in [1.29, 1.82) is 0 Å². The summed E-state index contributed by atoms with van der Waals surface area (Å²) < 4.78 is 8.05. The van der Waals surface area contributed by atoms with Crippen molar-refractivity contribution in [1.82, 2.24) is 14.9 Å². The summed E-state index contributed by atoms with van der Waals surface area (Å²) >= 11 is 0. The number of hydrogen-bond acceptors (Lipinski definition) is 4. The van der Waals surface area contributed by atoms with E-state index in [2.05, 4.69) is 63.3 Å². The summed E-state index contributed by atoms with van der Waals surface area (Å²) in [5.74, 6) is 1.70. The van der Waals surface area contributed by atoms with E-state index >= 15 is 0 Å². The number of piperazine rings is 1. The molecule has 0 spiro atoms. The highest BCUT2D eigenvalue weighted by Gasteiger charge is 2.23. The van der Waals surface area contributed by atoms with Crippen LogP contribution in [0, 0.1) is 0 Å². The molecular weight excluding hydrogens is 348 g/mol. The fraction of sp³-hybridized carbons (Fsp3) is 0.435. The van der Waals surface area contributed by atoms with Crippen molar-refractivity contribution in [3.05, 3.63) is 59.9 Å². The van der Waals surface area contributed by atoms with Gasteiger partial charge in [0.15, 0.2) is 0 Å². The molecule has 2 saturated heterocycles. The van der Waals surface area contributed by atoms with Crippen molar-refractivity contribution in [2.45, 2.75) is 25.3 Å². The molecule has 2 aromatic carbocycles. The smallest absolute Gasteiger partial charge is 0.113 e. The maximum Gasteiger partial charge on any atom is 0.113 e. The van der Waals surface area contributed by atoms with Gasteiger partial charge < -0.3 is 19.5 Å². The molecule has 0 aliphatic carbocycles. The van der Waals surface area contributed by atoms with Crippen molar-refractivity contribution >= 4 is 16.7 Å². The largest absolute Gasteiger partial charge is 0.381 e. The van der Waals surface area contributed by atoms with Crippen molar-refractivity contribution in [3.63, 3.8) is 0 Å². The minimum absolute atomic E-state index is 0.479. The summed E-state index contributed by atoms with van der Waals surface area (Å²) in [7, 11) is 0. The highest BCUT2D eigenvalue weighted by molar-refractivity contribution is 5.81. The molecule has 3 aromatic rings. The monoisotopic (exact) mass is 376 g/mol. The van der Waals surface area contributed by atoms with Crippen molar-refractivity contribution in [2.24, 2.45) is 0 Å². The Balaban J connectivity index is 1.57. The van der Waals surface area contributed by atoms with Crippen molar-refractivity contribution in [2.75, 3.05) is 44.3 Å². The predicted octanol–water partition coefficient (Wildman–Crippen LogP) is 3.39. The minimum atomic E-state index is 0.479. The average molecular weight is 377 g/mol. The SMILES string of the molecule is c1ccc(Cn2c(C3CCOCC3)nc3ccc(N4CCNCC4)cc32)cc1. The molecule has 0 amide bonds. The van der Waals surface area contributed by atoms with E-state index in [-0.39, 0.29) is 0 Å². The topological polar surface area (TPSA) is 42.3 Å². The molecule has 2 aliphatic rings. The van der Waals surface area contributed by atoms with Gasteiger partial charge in [-0.2, -0.15) is 0 Å². The number of nitrogens with zero attached hydrogens (tertiary/aromatic N) is 3. The molecule has 3 heterocycles. The Morgan fingerprint density at radius 3 is 2.57 bits per heavy atom. The number of fused-ring (bicyclic) bond motifs is 1. The number of ether oxygens (including phenoxy) is 1. The first kappa shape index (κ1) is 17.7. The minimum Gasteiger partial charge on any atom is -0.381 e. The van der Waals surface area contributed by atoms with E-state index in [4.69, 9.17) is 9.72 Å². The third-order valence-corrected chi connectivity index (χ3v) is 6.01. The van der Waals surface area contributed by atoms with Gasteiger partial charge in [0.1, 0.15) is 5.82 Å². The van der Waals surface area contributed by atoms with E-state index in [0.29, 0.717) is 5.92 Å². The fourth-order valence-corrected chi connectivity index (χ4v) is 4.45. The van der Waals surface area contributed by atoms with Gasteiger partial charge >= 0.3 is 0 Å². The summed E-state index contributed by atoms with van der Waals surface area (Å²) in [5.41, 5.74) is 4.99. The number of hydrogen-bond donors (Lipinski definition) is 1. The second-order valence-electron chi connectivity index (χ2n) is 7.84. The van der Waals surface area contributed by atoms with Crippen LogP contribution in [-0.4, -0.2) is 48.9 Å². The van der Waals surface area contributed by atoms with Crippen molar-refractivity contribution < 1.29 is 4.74 Å². The van der Waals surface area contributed by atoms with Gasteiger partial charge in [0.25, 0.3) is 0 Å². The Morgan fingerprint density at radius 2 is 1.79 bits per heavy atom. The van der Waals surface area contributed by atoms with E-state index in [1.54, 1.807) is 0 Å². The zero-order valence-corrected chi connectivity index (χ0v) is 16.3. The summed E-state index contributed by atoms with van der Waals surface area (Å²) in [6.45, 7) is 6.77. The van der Waals surface area contributed by atoms with Gasteiger partial charge in [-0.05, 0) is 36.6 Å². The van der Waals surface area contributed by atoms with Crippen LogP contribution in [-0.2, 0) is 11.3 Å². The molecule has 5 heteroatoms. The number of benzene rings is 2. The van der Waals surface area contributed by atoms with E-state index in [0.717, 1.165) is 64.3 Å². The predicted molar refractivity (Wildman–Crippen MR) is 113 cm³/mol. The van der Waals surface area contributed by atoms with Gasteiger partial charge in [-0.1, -0.05) is 30.3 Å². The maximum atomic E-state index is 5.60. The lowest BCUT2D eigenvalue weighted by Gasteiger charge is -2.29. The first-order valence-electron chi connectivity index (χ1n) is 10.5. The van der Waals surface area contributed by atoms with Crippen LogP contribution >= 0.6 is 0 Å². The molecule has 1 aromatic heterocycles. The molecule has 5 nitrogen and oxygen atoms in total.